The van der Waals surface area contributed by atoms with E-state index in [-0.39, 0.29) is 0 Å². The topological polar surface area (TPSA) is 50.3 Å². The zero-order chi connectivity index (χ0) is 20.1. The van der Waals surface area contributed by atoms with Gasteiger partial charge in [0.15, 0.2) is 0 Å². The molecule has 0 saturated heterocycles. The van der Waals surface area contributed by atoms with E-state index >= 15 is 0 Å². The number of aromatic nitrogens is 5. The van der Waals surface area contributed by atoms with Crippen LogP contribution in [0.4, 0.5) is 0 Å². The minimum Gasteiger partial charge on any atom is -0.349 e. The summed E-state index contributed by atoms with van der Waals surface area (Å²) in [5.41, 5.74) is 7.07. The predicted molar refractivity (Wildman–Crippen MR) is 113 cm³/mol. The van der Waals surface area contributed by atoms with Gasteiger partial charge in [-0.1, -0.05) is 0 Å². The van der Waals surface area contributed by atoms with E-state index in [9.17, 15) is 0 Å². The van der Waals surface area contributed by atoms with Crippen LogP contribution in [-0.2, 0) is 52.4 Å². The standard InChI is InChI=1S/C22H30N8/c1-25-4-7-28-3-2-18(21(28)15-25)12-27-6-9-30-22(16-27)19(10-24-30)13-26-5-8-29-17-23-11-20(29)14-26/h2-3,10-11,17H,4-9,12-16H2,1H3. The molecule has 0 fully saturated rings. The first kappa shape index (κ1) is 18.4. The Morgan fingerprint density at radius 2 is 1.63 bits per heavy atom. The second-order valence-electron chi connectivity index (χ2n) is 9.06. The maximum Gasteiger partial charge on any atom is 0.0949 e. The maximum absolute atomic E-state index is 4.70. The number of hydrogen-bond acceptors (Lipinski definition) is 5. The molecule has 0 aromatic carbocycles. The van der Waals surface area contributed by atoms with Gasteiger partial charge in [-0.15, -0.1) is 0 Å². The highest BCUT2D eigenvalue weighted by Crippen LogP contribution is 2.24. The van der Waals surface area contributed by atoms with Crippen molar-refractivity contribution in [3.63, 3.8) is 0 Å². The van der Waals surface area contributed by atoms with E-state index in [1.807, 2.05) is 12.5 Å². The molecule has 0 N–H and O–H groups in total. The quantitative estimate of drug-likeness (QED) is 0.655. The monoisotopic (exact) mass is 406 g/mol. The SMILES string of the molecule is CN1CCn2ccc(CN3CCn4ncc(CN5CCn6cncc6C5)c4C3)c2C1. The first-order valence-electron chi connectivity index (χ1n) is 11.1. The molecule has 0 bridgehead atoms. The molecule has 3 aromatic rings. The van der Waals surface area contributed by atoms with Gasteiger partial charge in [-0.25, -0.2) is 4.98 Å². The summed E-state index contributed by atoms with van der Waals surface area (Å²) in [4.78, 5) is 11.8. The Morgan fingerprint density at radius 1 is 0.800 bits per heavy atom. The molecule has 8 heteroatoms. The fourth-order valence-electron chi connectivity index (χ4n) is 5.18. The number of hydrogen-bond donors (Lipinski definition) is 0. The molecule has 0 radical (unpaired) electrons. The van der Waals surface area contributed by atoms with Crippen LogP contribution < -0.4 is 0 Å². The summed E-state index contributed by atoms with van der Waals surface area (Å²) in [5, 5.41) is 4.70. The van der Waals surface area contributed by atoms with Crippen LogP contribution in [0.1, 0.15) is 28.2 Å². The van der Waals surface area contributed by atoms with E-state index in [0.29, 0.717) is 0 Å². The van der Waals surface area contributed by atoms with Gasteiger partial charge in [0.2, 0.25) is 0 Å². The van der Waals surface area contributed by atoms with Crippen molar-refractivity contribution in [2.75, 3.05) is 26.7 Å². The summed E-state index contributed by atoms with van der Waals surface area (Å²) in [7, 11) is 2.22. The molecule has 0 atom stereocenters. The van der Waals surface area contributed by atoms with Crippen molar-refractivity contribution in [3.05, 3.63) is 59.2 Å². The normalized spacial score (nSPS) is 20.2. The largest absolute Gasteiger partial charge is 0.349 e. The van der Waals surface area contributed by atoms with Crippen LogP contribution >= 0.6 is 0 Å². The number of fused-ring (bicyclic) bond motifs is 3. The lowest BCUT2D eigenvalue weighted by atomic mass is 10.1. The van der Waals surface area contributed by atoms with E-state index in [4.69, 9.17) is 5.10 Å². The van der Waals surface area contributed by atoms with Crippen LogP contribution in [0, 0.1) is 0 Å². The number of likely N-dealkylation sites (N-methyl/N-ethyl adjacent to an activating group) is 1. The Kier molecular flexibility index (Phi) is 4.51. The molecule has 0 unspecified atom stereocenters. The lowest BCUT2D eigenvalue weighted by Crippen LogP contribution is -2.36. The fraction of sp³-hybridized carbons (Fsp3) is 0.545. The summed E-state index contributed by atoms with van der Waals surface area (Å²) >= 11 is 0. The van der Waals surface area contributed by atoms with Gasteiger partial charge in [-0.3, -0.25) is 19.4 Å². The molecule has 3 aliphatic heterocycles. The van der Waals surface area contributed by atoms with Crippen LogP contribution in [0.5, 0.6) is 0 Å². The van der Waals surface area contributed by atoms with Crippen LogP contribution in [0.3, 0.4) is 0 Å². The lowest BCUT2D eigenvalue weighted by Gasteiger charge is -2.31. The van der Waals surface area contributed by atoms with Gasteiger partial charge in [0.05, 0.1) is 30.5 Å². The van der Waals surface area contributed by atoms with Crippen LogP contribution in [0.25, 0.3) is 0 Å². The summed E-state index contributed by atoms with van der Waals surface area (Å²) in [6, 6.07) is 2.33. The molecule has 6 rings (SSSR count). The molecule has 0 amide bonds. The summed E-state index contributed by atoms with van der Waals surface area (Å²) in [6.45, 7) is 11.4. The number of nitrogens with zero attached hydrogens (tertiary/aromatic N) is 8. The minimum absolute atomic E-state index is 0.971. The Morgan fingerprint density at radius 3 is 2.60 bits per heavy atom. The van der Waals surface area contributed by atoms with Crippen molar-refractivity contribution in [1.29, 1.82) is 0 Å². The Bertz CT molecular complexity index is 1040. The highest BCUT2D eigenvalue weighted by atomic mass is 15.3. The highest BCUT2D eigenvalue weighted by molar-refractivity contribution is 5.25. The molecular weight excluding hydrogens is 376 g/mol. The van der Waals surface area contributed by atoms with Gasteiger partial charge in [-0.05, 0) is 18.7 Å². The molecule has 0 aliphatic carbocycles. The Hall–Kier alpha value is -2.42. The van der Waals surface area contributed by atoms with E-state index in [1.165, 1.54) is 28.2 Å². The smallest absolute Gasteiger partial charge is 0.0949 e. The zero-order valence-corrected chi connectivity index (χ0v) is 17.7. The lowest BCUT2D eigenvalue weighted by molar-refractivity contribution is 0.192. The Labute approximate surface area is 177 Å². The summed E-state index contributed by atoms with van der Waals surface area (Å²) in [6.07, 6.45) is 8.32. The zero-order valence-electron chi connectivity index (χ0n) is 17.7. The molecule has 3 aliphatic rings. The Balaban J connectivity index is 1.16. The van der Waals surface area contributed by atoms with Crippen molar-refractivity contribution in [2.24, 2.45) is 0 Å². The van der Waals surface area contributed by atoms with Gasteiger partial charge in [0.25, 0.3) is 0 Å². The fourth-order valence-corrected chi connectivity index (χ4v) is 5.18. The minimum atomic E-state index is 0.971. The van der Waals surface area contributed by atoms with E-state index in [2.05, 4.69) is 59.0 Å². The van der Waals surface area contributed by atoms with Crippen molar-refractivity contribution in [2.45, 2.75) is 52.4 Å². The van der Waals surface area contributed by atoms with Crippen LogP contribution in [-0.4, -0.2) is 65.3 Å². The average Bonchev–Trinajstić information content (AvgIpc) is 3.47. The second-order valence-corrected chi connectivity index (χ2v) is 9.06. The van der Waals surface area contributed by atoms with E-state index in [0.717, 1.165) is 72.0 Å². The molecule has 30 heavy (non-hydrogen) atoms. The second kappa shape index (κ2) is 7.37. The van der Waals surface area contributed by atoms with Gasteiger partial charge >= 0.3 is 0 Å². The first-order valence-corrected chi connectivity index (χ1v) is 11.1. The van der Waals surface area contributed by atoms with Gasteiger partial charge < -0.3 is 9.13 Å². The third-order valence-electron chi connectivity index (χ3n) is 6.98. The van der Waals surface area contributed by atoms with Gasteiger partial charge in [0, 0.05) is 89.1 Å². The van der Waals surface area contributed by atoms with Crippen LogP contribution in [0.2, 0.25) is 0 Å². The molecule has 8 nitrogen and oxygen atoms in total. The molecule has 0 spiro atoms. The third kappa shape index (κ3) is 3.29. The van der Waals surface area contributed by atoms with Gasteiger partial charge in [0.1, 0.15) is 0 Å². The van der Waals surface area contributed by atoms with E-state index < -0.39 is 0 Å². The van der Waals surface area contributed by atoms with Crippen molar-refractivity contribution >= 4 is 0 Å². The first-order chi connectivity index (χ1) is 14.7. The maximum atomic E-state index is 4.70. The van der Waals surface area contributed by atoms with Crippen molar-refractivity contribution in [3.8, 4) is 0 Å². The number of rotatable bonds is 4. The van der Waals surface area contributed by atoms with Crippen LogP contribution in [0.15, 0.2) is 31.0 Å². The van der Waals surface area contributed by atoms with Crippen molar-refractivity contribution in [1.82, 2.24) is 38.6 Å². The molecule has 6 heterocycles. The molecule has 158 valence electrons. The molecule has 3 aromatic heterocycles. The molecule has 0 saturated carbocycles. The van der Waals surface area contributed by atoms with Gasteiger partial charge in [-0.2, -0.15) is 5.10 Å². The third-order valence-corrected chi connectivity index (χ3v) is 6.98. The number of imidazole rings is 1. The summed E-state index contributed by atoms with van der Waals surface area (Å²) in [5.74, 6) is 0. The molecular formula is C22H30N8. The average molecular weight is 407 g/mol. The van der Waals surface area contributed by atoms with Crippen molar-refractivity contribution < 1.29 is 0 Å². The summed E-state index contributed by atoms with van der Waals surface area (Å²) < 4.78 is 6.93. The predicted octanol–water partition coefficient (Wildman–Crippen LogP) is 1.36. The highest BCUT2D eigenvalue weighted by Gasteiger charge is 2.25. The van der Waals surface area contributed by atoms with E-state index in [1.54, 1.807) is 0 Å².